The minimum atomic E-state index is -3.51. The summed E-state index contributed by atoms with van der Waals surface area (Å²) in [5.41, 5.74) is 0. The fraction of sp³-hybridized carbons (Fsp3) is 0.615. The number of carbonyl (C=O) groups excluding carboxylic acids is 1. The van der Waals surface area contributed by atoms with Gasteiger partial charge in [0, 0.05) is 34.1 Å². The van der Waals surface area contributed by atoms with E-state index in [-0.39, 0.29) is 24.4 Å². The lowest BCUT2D eigenvalue weighted by Gasteiger charge is -2.20. The number of carbonyl (C=O) groups is 1. The zero-order valence-electron chi connectivity index (χ0n) is 12.7. The molecule has 1 aliphatic heterocycles. The van der Waals surface area contributed by atoms with E-state index < -0.39 is 10.2 Å². The molecule has 0 aliphatic carbocycles. The molecule has 2 atom stereocenters. The van der Waals surface area contributed by atoms with E-state index in [1.807, 2.05) is 19.1 Å². The molecule has 0 saturated carbocycles. The quantitative estimate of drug-likeness (QED) is 0.866. The van der Waals surface area contributed by atoms with Crippen LogP contribution >= 0.6 is 0 Å². The van der Waals surface area contributed by atoms with Crippen LogP contribution in [0, 0.1) is 6.92 Å². The van der Waals surface area contributed by atoms with Crippen LogP contribution in [0.3, 0.4) is 0 Å². The van der Waals surface area contributed by atoms with E-state index in [0.717, 1.165) is 5.76 Å². The number of furan rings is 1. The second-order valence-corrected chi connectivity index (χ2v) is 7.61. The molecule has 7 nitrogen and oxygen atoms in total. The van der Waals surface area contributed by atoms with Crippen LogP contribution in [0.5, 0.6) is 0 Å². The summed E-state index contributed by atoms with van der Waals surface area (Å²) in [6, 6.07) is 3.38. The van der Waals surface area contributed by atoms with Gasteiger partial charge in [0.1, 0.15) is 11.5 Å². The molecule has 0 radical (unpaired) electrons. The summed E-state index contributed by atoms with van der Waals surface area (Å²) in [6.45, 7) is 3.79. The number of hydrogen-bond donors (Lipinski definition) is 1. The third-order valence-corrected chi connectivity index (χ3v) is 5.46. The third-order valence-electron chi connectivity index (χ3n) is 3.59. The number of nitrogens with zero attached hydrogens (tertiary/aromatic N) is 2. The lowest BCUT2D eigenvalue weighted by molar-refractivity contribution is -0.119. The van der Waals surface area contributed by atoms with Crippen LogP contribution in [0.4, 0.5) is 0 Å². The molecule has 1 saturated heterocycles. The molecular formula is C13H21N3O4S. The maximum Gasteiger partial charge on any atom is 0.281 e. The van der Waals surface area contributed by atoms with Crippen LogP contribution in [0.15, 0.2) is 16.5 Å². The van der Waals surface area contributed by atoms with Gasteiger partial charge in [-0.1, -0.05) is 0 Å². The van der Waals surface area contributed by atoms with Crippen molar-refractivity contribution in [1.29, 1.82) is 0 Å². The molecule has 1 aliphatic rings. The number of aryl methyl sites for hydroxylation is 1. The van der Waals surface area contributed by atoms with Crippen LogP contribution in [-0.4, -0.2) is 56.2 Å². The zero-order valence-corrected chi connectivity index (χ0v) is 13.5. The topological polar surface area (TPSA) is 82.9 Å². The van der Waals surface area contributed by atoms with Gasteiger partial charge in [-0.2, -0.15) is 17.0 Å². The largest absolute Gasteiger partial charge is 0.466 e. The van der Waals surface area contributed by atoms with Gasteiger partial charge in [0.25, 0.3) is 10.2 Å². The number of amides is 1. The Labute approximate surface area is 125 Å². The highest BCUT2D eigenvalue weighted by Crippen LogP contribution is 2.31. The second kappa shape index (κ2) is 5.78. The molecule has 1 aromatic heterocycles. The predicted octanol–water partition coefficient (Wildman–Crippen LogP) is 0.298. The summed E-state index contributed by atoms with van der Waals surface area (Å²) in [5, 5.41) is 2.82. The smallest absolute Gasteiger partial charge is 0.281 e. The van der Waals surface area contributed by atoms with E-state index in [0.29, 0.717) is 12.3 Å². The highest BCUT2D eigenvalue weighted by Gasteiger charge is 2.42. The summed E-state index contributed by atoms with van der Waals surface area (Å²) in [7, 11) is -0.519. The zero-order chi connectivity index (χ0) is 15.8. The van der Waals surface area contributed by atoms with Crippen molar-refractivity contribution >= 4 is 16.1 Å². The Morgan fingerprint density at radius 1 is 1.38 bits per heavy atom. The van der Waals surface area contributed by atoms with Crippen molar-refractivity contribution in [2.75, 3.05) is 27.2 Å². The van der Waals surface area contributed by atoms with Gasteiger partial charge in [-0.15, -0.1) is 0 Å². The highest BCUT2D eigenvalue weighted by molar-refractivity contribution is 7.86. The Morgan fingerprint density at radius 2 is 2.05 bits per heavy atom. The van der Waals surface area contributed by atoms with Crippen molar-refractivity contribution in [3.8, 4) is 0 Å². The fourth-order valence-electron chi connectivity index (χ4n) is 2.54. The van der Waals surface area contributed by atoms with Crippen molar-refractivity contribution in [1.82, 2.24) is 13.9 Å². The highest BCUT2D eigenvalue weighted by atomic mass is 32.2. The SMILES string of the molecule is CC(=O)NC1CN(S(=O)(=O)N(C)C)CC1c1ccc(C)o1. The standard InChI is InChI=1S/C13H21N3O4S/c1-9-5-6-13(20-9)11-7-16(21(18,19)15(3)4)8-12(11)14-10(2)17/h5-6,11-12H,7-8H2,1-4H3,(H,14,17). The van der Waals surface area contributed by atoms with Crippen LogP contribution < -0.4 is 5.32 Å². The first kappa shape index (κ1) is 16.0. The lowest BCUT2D eigenvalue weighted by Crippen LogP contribution is -2.42. The first-order valence-corrected chi connectivity index (χ1v) is 8.12. The number of nitrogens with one attached hydrogen (secondary N) is 1. The van der Waals surface area contributed by atoms with Gasteiger partial charge in [0.2, 0.25) is 5.91 Å². The molecule has 1 aromatic rings. The van der Waals surface area contributed by atoms with Crippen molar-refractivity contribution in [3.63, 3.8) is 0 Å². The van der Waals surface area contributed by atoms with Gasteiger partial charge in [0.15, 0.2) is 0 Å². The molecule has 1 N–H and O–H groups in total. The van der Waals surface area contributed by atoms with Gasteiger partial charge in [-0.25, -0.2) is 0 Å². The maximum atomic E-state index is 12.3. The summed E-state index contributed by atoms with van der Waals surface area (Å²) in [5.74, 6) is 1.10. The lowest BCUT2D eigenvalue weighted by atomic mass is 10.0. The summed E-state index contributed by atoms with van der Waals surface area (Å²) in [6.07, 6.45) is 0. The molecule has 8 heteroatoms. The Balaban J connectivity index is 2.28. The Morgan fingerprint density at radius 3 is 2.52 bits per heavy atom. The van der Waals surface area contributed by atoms with Crippen molar-refractivity contribution < 1.29 is 17.6 Å². The van der Waals surface area contributed by atoms with E-state index in [2.05, 4.69) is 5.32 Å². The maximum absolute atomic E-state index is 12.3. The van der Waals surface area contributed by atoms with E-state index in [4.69, 9.17) is 4.42 Å². The summed E-state index contributed by atoms with van der Waals surface area (Å²) < 4.78 is 32.7. The third kappa shape index (κ3) is 3.28. The van der Waals surface area contributed by atoms with E-state index in [9.17, 15) is 13.2 Å². The van der Waals surface area contributed by atoms with E-state index >= 15 is 0 Å². The van der Waals surface area contributed by atoms with Gasteiger partial charge in [-0.3, -0.25) is 4.79 Å². The van der Waals surface area contributed by atoms with Crippen LogP contribution in [0.2, 0.25) is 0 Å². The second-order valence-electron chi connectivity index (χ2n) is 5.47. The molecule has 2 unspecified atom stereocenters. The van der Waals surface area contributed by atoms with Crippen molar-refractivity contribution in [3.05, 3.63) is 23.7 Å². The molecule has 21 heavy (non-hydrogen) atoms. The van der Waals surface area contributed by atoms with Crippen LogP contribution in [0.1, 0.15) is 24.4 Å². The molecule has 1 amide bonds. The monoisotopic (exact) mass is 315 g/mol. The Bertz CT molecular complexity index is 623. The minimum Gasteiger partial charge on any atom is -0.466 e. The molecule has 0 spiro atoms. The molecule has 1 fully saturated rings. The van der Waals surface area contributed by atoms with E-state index in [1.165, 1.54) is 29.6 Å². The van der Waals surface area contributed by atoms with Gasteiger partial charge < -0.3 is 9.73 Å². The number of hydrogen-bond acceptors (Lipinski definition) is 4. The van der Waals surface area contributed by atoms with Gasteiger partial charge >= 0.3 is 0 Å². The molecule has 2 heterocycles. The van der Waals surface area contributed by atoms with E-state index in [1.54, 1.807) is 0 Å². The van der Waals surface area contributed by atoms with Gasteiger partial charge in [0.05, 0.1) is 12.0 Å². The summed E-state index contributed by atoms with van der Waals surface area (Å²) >= 11 is 0. The van der Waals surface area contributed by atoms with Crippen molar-refractivity contribution in [2.24, 2.45) is 0 Å². The molecule has 2 rings (SSSR count). The molecular weight excluding hydrogens is 294 g/mol. The first-order valence-electron chi connectivity index (χ1n) is 6.73. The Kier molecular flexibility index (Phi) is 4.40. The van der Waals surface area contributed by atoms with Crippen LogP contribution in [0.25, 0.3) is 0 Å². The average molecular weight is 315 g/mol. The van der Waals surface area contributed by atoms with Crippen LogP contribution in [-0.2, 0) is 15.0 Å². The van der Waals surface area contributed by atoms with Gasteiger partial charge in [-0.05, 0) is 19.1 Å². The molecule has 118 valence electrons. The Hall–Kier alpha value is -1.38. The minimum absolute atomic E-state index is 0.183. The number of rotatable bonds is 4. The summed E-state index contributed by atoms with van der Waals surface area (Å²) in [4.78, 5) is 11.4. The molecule has 0 bridgehead atoms. The first-order chi connectivity index (χ1) is 9.71. The average Bonchev–Trinajstić information content (AvgIpc) is 2.94. The predicted molar refractivity (Wildman–Crippen MR) is 78.0 cm³/mol. The molecule has 0 aromatic carbocycles. The van der Waals surface area contributed by atoms with Crippen molar-refractivity contribution in [2.45, 2.75) is 25.8 Å². The fourth-order valence-corrected chi connectivity index (χ4v) is 3.70. The normalized spacial score (nSPS) is 23.7.